The smallest absolute Gasteiger partial charge is 0.267 e. The Bertz CT molecular complexity index is 899. The summed E-state index contributed by atoms with van der Waals surface area (Å²) in [4.78, 5) is 18.4. The molecule has 1 aliphatic carbocycles. The first-order valence-electron chi connectivity index (χ1n) is 6.58. The summed E-state index contributed by atoms with van der Waals surface area (Å²) < 4.78 is 2.11. The lowest BCUT2D eigenvalue weighted by Crippen LogP contribution is -2.20. The van der Waals surface area contributed by atoms with E-state index in [0.717, 1.165) is 28.7 Å². The zero-order valence-electron chi connectivity index (χ0n) is 10.6. The van der Waals surface area contributed by atoms with E-state index in [-0.39, 0.29) is 5.56 Å². The largest absolute Gasteiger partial charge is 0.323 e. The highest BCUT2D eigenvalue weighted by Crippen LogP contribution is 2.33. The second kappa shape index (κ2) is 4.65. The number of fused-ring (bicyclic) bond motifs is 3. The number of thiophene rings is 2. The summed E-state index contributed by atoms with van der Waals surface area (Å²) in [5.74, 6) is 0. The van der Waals surface area contributed by atoms with E-state index in [4.69, 9.17) is 12.2 Å². The fourth-order valence-corrected chi connectivity index (χ4v) is 5.11. The van der Waals surface area contributed by atoms with E-state index in [2.05, 4.69) is 4.98 Å². The van der Waals surface area contributed by atoms with Crippen molar-refractivity contribution < 1.29 is 0 Å². The van der Waals surface area contributed by atoms with Crippen LogP contribution in [0.5, 0.6) is 0 Å². The van der Waals surface area contributed by atoms with Gasteiger partial charge in [-0.25, -0.2) is 0 Å². The van der Waals surface area contributed by atoms with Gasteiger partial charge in [-0.1, -0.05) is 0 Å². The molecule has 102 valence electrons. The SMILES string of the molecule is O=c1c2c3c(sc2[nH]c(=S)n1-c1ccsc1)CCCC3. The lowest BCUT2D eigenvalue weighted by Gasteiger charge is -2.10. The van der Waals surface area contributed by atoms with Crippen LogP contribution in [0, 0.1) is 4.77 Å². The molecular formula is C14H12N2OS3. The fourth-order valence-electron chi connectivity index (χ4n) is 2.86. The molecule has 3 aromatic heterocycles. The van der Waals surface area contributed by atoms with Crippen molar-refractivity contribution in [2.24, 2.45) is 0 Å². The van der Waals surface area contributed by atoms with Crippen LogP contribution in [-0.2, 0) is 12.8 Å². The maximum atomic E-state index is 12.9. The lowest BCUT2D eigenvalue weighted by molar-refractivity contribution is 0.699. The zero-order valence-corrected chi connectivity index (χ0v) is 13.1. The first-order valence-corrected chi connectivity index (χ1v) is 8.74. The molecule has 0 amide bonds. The molecule has 1 aliphatic rings. The van der Waals surface area contributed by atoms with Gasteiger partial charge in [0.1, 0.15) is 4.83 Å². The molecule has 0 atom stereocenters. The van der Waals surface area contributed by atoms with Gasteiger partial charge in [-0.3, -0.25) is 9.36 Å². The van der Waals surface area contributed by atoms with E-state index < -0.39 is 0 Å². The van der Waals surface area contributed by atoms with Crippen LogP contribution in [0.3, 0.4) is 0 Å². The van der Waals surface area contributed by atoms with Gasteiger partial charge in [0.15, 0.2) is 4.77 Å². The Labute approximate surface area is 128 Å². The molecule has 3 heterocycles. The highest BCUT2D eigenvalue weighted by atomic mass is 32.1. The van der Waals surface area contributed by atoms with E-state index in [1.807, 2.05) is 16.8 Å². The number of aryl methyl sites for hydroxylation is 2. The van der Waals surface area contributed by atoms with Crippen molar-refractivity contribution in [2.75, 3.05) is 0 Å². The number of H-pyrrole nitrogens is 1. The highest BCUT2D eigenvalue weighted by Gasteiger charge is 2.20. The molecule has 0 saturated heterocycles. The van der Waals surface area contributed by atoms with Crippen molar-refractivity contribution in [1.29, 1.82) is 0 Å². The summed E-state index contributed by atoms with van der Waals surface area (Å²) in [7, 11) is 0. The van der Waals surface area contributed by atoms with Gasteiger partial charge < -0.3 is 4.98 Å². The molecule has 0 radical (unpaired) electrons. The fraction of sp³-hybridized carbons (Fsp3) is 0.286. The average molecular weight is 320 g/mol. The van der Waals surface area contributed by atoms with Gasteiger partial charge in [-0.2, -0.15) is 11.3 Å². The van der Waals surface area contributed by atoms with Crippen LogP contribution in [0.25, 0.3) is 15.9 Å². The van der Waals surface area contributed by atoms with Crippen molar-refractivity contribution in [2.45, 2.75) is 25.7 Å². The minimum absolute atomic E-state index is 0.0292. The Morgan fingerprint density at radius 1 is 1.30 bits per heavy atom. The number of rotatable bonds is 1. The van der Waals surface area contributed by atoms with Crippen LogP contribution in [-0.4, -0.2) is 9.55 Å². The molecule has 3 aromatic rings. The predicted molar refractivity (Wildman–Crippen MR) is 87.1 cm³/mol. The summed E-state index contributed by atoms with van der Waals surface area (Å²) in [6.45, 7) is 0. The molecule has 6 heteroatoms. The Morgan fingerprint density at radius 2 is 2.15 bits per heavy atom. The monoisotopic (exact) mass is 320 g/mol. The lowest BCUT2D eigenvalue weighted by atomic mass is 9.97. The number of nitrogens with zero attached hydrogens (tertiary/aromatic N) is 1. The molecule has 0 aromatic carbocycles. The van der Waals surface area contributed by atoms with E-state index in [0.29, 0.717) is 4.77 Å². The molecule has 1 N–H and O–H groups in total. The van der Waals surface area contributed by atoms with Gasteiger partial charge in [0, 0.05) is 10.3 Å². The van der Waals surface area contributed by atoms with E-state index in [1.54, 1.807) is 27.2 Å². The molecule has 0 unspecified atom stereocenters. The maximum absolute atomic E-state index is 12.9. The number of hydrogen-bond acceptors (Lipinski definition) is 4. The van der Waals surface area contributed by atoms with Crippen LogP contribution in [0.2, 0.25) is 0 Å². The third kappa shape index (κ3) is 1.75. The minimum Gasteiger partial charge on any atom is -0.323 e. The normalized spacial score (nSPS) is 14.6. The second-order valence-corrected chi connectivity index (χ2v) is 7.24. The predicted octanol–water partition coefficient (Wildman–Crippen LogP) is 4.05. The number of aromatic nitrogens is 2. The summed E-state index contributed by atoms with van der Waals surface area (Å²) in [5, 5.41) is 4.77. The van der Waals surface area contributed by atoms with E-state index >= 15 is 0 Å². The Kier molecular flexibility index (Phi) is 2.90. The first kappa shape index (κ1) is 12.5. The third-order valence-electron chi connectivity index (χ3n) is 3.78. The molecule has 0 spiro atoms. The summed E-state index contributed by atoms with van der Waals surface area (Å²) in [5.41, 5.74) is 2.14. The average Bonchev–Trinajstić information content (AvgIpc) is 3.05. The van der Waals surface area contributed by atoms with Gasteiger partial charge in [0.05, 0.1) is 11.1 Å². The molecule has 0 fully saturated rings. The van der Waals surface area contributed by atoms with Crippen LogP contribution < -0.4 is 5.56 Å². The van der Waals surface area contributed by atoms with Crippen LogP contribution in [0.15, 0.2) is 21.6 Å². The summed E-state index contributed by atoms with van der Waals surface area (Å²) in [6.07, 6.45) is 4.50. The highest BCUT2D eigenvalue weighted by molar-refractivity contribution is 7.71. The van der Waals surface area contributed by atoms with Gasteiger partial charge in [0.2, 0.25) is 0 Å². The molecular weight excluding hydrogens is 308 g/mol. The topological polar surface area (TPSA) is 37.8 Å². The van der Waals surface area contributed by atoms with Gasteiger partial charge >= 0.3 is 0 Å². The summed E-state index contributed by atoms with van der Waals surface area (Å²) in [6, 6.07) is 1.93. The number of hydrogen-bond donors (Lipinski definition) is 1. The van der Waals surface area contributed by atoms with Crippen molar-refractivity contribution in [1.82, 2.24) is 9.55 Å². The van der Waals surface area contributed by atoms with Crippen molar-refractivity contribution in [3.8, 4) is 5.69 Å². The maximum Gasteiger partial charge on any atom is 0.267 e. The third-order valence-corrected chi connectivity index (χ3v) is 5.94. The van der Waals surface area contributed by atoms with Crippen LogP contribution in [0.4, 0.5) is 0 Å². The van der Waals surface area contributed by atoms with Gasteiger partial charge in [-0.15, -0.1) is 11.3 Å². The zero-order chi connectivity index (χ0) is 13.7. The van der Waals surface area contributed by atoms with Gasteiger partial charge in [-0.05, 0) is 54.9 Å². The van der Waals surface area contributed by atoms with Crippen molar-refractivity contribution in [3.63, 3.8) is 0 Å². The van der Waals surface area contributed by atoms with E-state index in [9.17, 15) is 4.79 Å². The standard InChI is InChI=1S/C14H12N2OS3/c17-13-11-9-3-1-2-4-10(9)20-12(11)15-14(18)16(13)8-5-6-19-7-8/h5-7H,1-4H2,(H,15,18). The number of aromatic amines is 1. The van der Waals surface area contributed by atoms with Crippen molar-refractivity contribution in [3.05, 3.63) is 42.4 Å². The molecule has 4 rings (SSSR count). The quantitative estimate of drug-likeness (QED) is 0.687. The second-order valence-electron chi connectivity index (χ2n) is 4.97. The summed E-state index contributed by atoms with van der Waals surface area (Å²) >= 11 is 8.65. The first-order chi connectivity index (χ1) is 9.75. The van der Waals surface area contributed by atoms with E-state index in [1.165, 1.54) is 23.3 Å². The minimum atomic E-state index is 0.0292. The number of nitrogens with one attached hydrogen (secondary N) is 1. The van der Waals surface area contributed by atoms with Gasteiger partial charge in [0.25, 0.3) is 5.56 Å². The molecule has 3 nitrogen and oxygen atoms in total. The molecule has 0 bridgehead atoms. The van der Waals surface area contributed by atoms with Crippen molar-refractivity contribution >= 4 is 45.1 Å². The van der Waals surface area contributed by atoms with Crippen LogP contribution in [0.1, 0.15) is 23.3 Å². The molecule has 0 aliphatic heterocycles. The Morgan fingerprint density at radius 3 is 2.95 bits per heavy atom. The Balaban J connectivity index is 2.12. The molecule has 0 saturated carbocycles. The Hall–Kier alpha value is -1.24. The molecule has 20 heavy (non-hydrogen) atoms. The van der Waals surface area contributed by atoms with Crippen LogP contribution >= 0.6 is 34.9 Å².